The SMILES string of the molecule is C=COS(=O)(=O)c1ccc(CC(C)C)cc1.[H-].[Na+]. The van der Waals surface area contributed by atoms with E-state index < -0.39 is 10.1 Å². The van der Waals surface area contributed by atoms with Crippen LogP contribution in [0.15, 0.2) is 42.0 Å². The molecule has 0 heterocycles. The Morgan fingerprint density at radius 3 is 2.29 bits per heavy atom. The Hall–Kier alpha value is -0.290. The first-order valence-electron chi connectivity index (χ1n) is 5.09. The molecule has 0 saturated heterocycles. The van der Waals surface area contributed by atoms with Crippen LogP contribution in [0.1, 0.15) is 20.8 Å². The third-order valence-electron chi connectivity index (χ3n) is 2.05. The van der Waals surface area contributed by atoms with Gasteiger partial charge < -0.3 is 5.61 Å². The Morgan fingerprint density at radius 1 is 1.35 bits per heavy atom. The molecule has 0 aliphatic carbocycles. The molecule has 0 unspecified atom stereocenters. The number of hydrogen-bond acceptors (Lipinski definition) is 3. The van der Waals surface area contributed by atoms with E-state index in [9.17, 15) is 8.42 Å². The first kappa shape index (κ1) is 16.7. The summed E-state index contributed by atoms with van der Waals surface area (Å²) in [6.45, 7) is 7.46. The van der Waals surface area contributed by atoms with Crippen LogP contribution >= 0.6 is 0 Å². The molecule has 0 aliphatic rings. The summed E-state index contributed by atoms with van der Waals surface area (Å²) in [6.07, 6.45) is 1.85. The van der Waals surface area contributed by atoms with Gasteiger partial charge in [0.15, 0.2) is 0 Å². The Balaban J connectivity index is 0. The van der Waals surface area contributed by atoms with Crippen LogP contribution in [0.4, 0.5) is 0 Å². The Kier molecular flexibility index (Phi) is 7.09. The van der Waals surface area contributed by atoms with E-state index in [0.29, 0.717) is 5.92 Å². The van der Waals surface area contributed by atoms with Gasteiger partial charge in [-0.25, -0.2) is 0 Å². The molecule has 90 valence electrons. The second-order valence-corrected chi connectivity index (χ2v) is 5.53. The van der Waals surface area contributed by atoms with Gasteiger partial charge in [0.2, 0.25) is 0 Å². The standard InChI is InChI=1S/C12H16O3S.Na.H/c1-4-15-16(13,14)12-7-5-11(6-8-12)9-10(2)3;;/h4-8,10H,1,9H2,2-3H3;;/q;+1;-1. The second-order valence-electron chi connectivity index (χ2n) is 3.96. The zero-order chi connectivity index (χ0) is 12.2. The van der Waals surface area contributed by atoms with Gasteiger partial charge in [0.05, 0.1) is 6.26 Å². The predicted octanol–water partition coefficient (Wildman–Crippen LogP) is -0.150. The Bertz CT molecular complexity index is 455. The molecule has 5 heteroatoms. The minimum Gasteiger partial charge on any atom is -1.00 e. The maximum atomic E-state index is 11.5. The maximum absolute atomic E-state index is 11.5. The molecule has 0 spiro atoms. The second kappa shape index (κ2) is 7.21. The minimum absolute atomic E-state index is 0. The zero-order valence-corrected chi connectivity index (χ0v) is 13.3. The number of rotatable bonds is 5. The number of hydrogen-bond donors (Lipinski definition) is 0. The van der Waals surface area contributed by atoms with Crippen molar-refractivity contribution in [1.29, 1.82) is 0 Å². The molecule has 0 bridgehead atoms. The molecule has 1 rings (SSSR count). The van der Waals surface area contributed by atoms with Crippen molar-refractivity contribution >= 4 is 10.1 Å². The molecule has 0 fully saturated rings. The normalized spacial score (nSPS) is 10.8. The van der Waals surface area contributed by atoms with Crippen molar-refractivity contribution in [3.05, 3.63) is 42.7 Å². The molecule has 0 aliphatic heterocycles. The molecule has 17 heavy (non-hydrogen) atoms. The predicted molar refractivity (Wildman–Crippen MR) is 64.6 cm³/mol. The molecule has 0 aromatic heterocycles. The zero-order valence-electron chi connectivity index (χ0n) is 11.5. The van der Waals surface area contributed by atoms with Crippen LogP contribution in [0.25, 0.3) is 0 Å². The van der Waals surface area contributed by atoms with Crippen molar-refractivity contribution in [3.8, 4) is 0 Å². The minimum atomic E-state index is -3.67. The van der Waals surface area contributed by atoms with Crippen LogP contribution < -0.4 is 29.6 Å². The fourth-order valence-corrected chi connectivity index (χ4v) is 2.17. The van der Waals surface area contributed by atoms with Crippen molar-refractivity contribution < 1.29 is 43.6 Å². The van der Waals surface area contributed by atoms with Crippen molar-refractivity contribution in [2.45, 2.75) is 25.2 Å². The van der Waals surface area contributed by atoms with E-state index in [2.05, 4.69) is 24.6 Å². The van der Waals surface area contributed by atoms with E-state index in [1.165, 1.54) is 0 Å². The van der Waals surface area contributed by atoms with E-state index >= 15 is 0 Å². The van der Waals surface area contributed by atoms with Crippen molar-refractivity contribution in [1.82, 2.24) is 0 Å². The third kappa shape index (κ3) is 5.25. The van der Waals surface area contributed by atoms with Gasteiger partial charge in [-0.3, -0.25) is 0 Å². The first-order valence-corrected chi connectivity index (χ1v) is 6.49. The molecule has 0 saturated carbocycles. The van der Waals surface area contributed by atoms with Gasteiger partial charge in [0.1, 0.15) is 4.90 Å². The molecular formula is C12H17NaO3S. The van der Waals surface area contributed by atoms with E-state index in [1.807, 2.05) is 0 Å². The smallest absolute Gasteiger partial charge is 1.00 e. The van der Waals surface area contributed by atoms with Crippen molar-refractivity contribution in [3.63, 3.8) is 0 Å². The van der Waals surface area contributed by atoms with Crippen molar-refractivity contribution in [2.24, 2.45) is 5.92 Å². The summed E-state index contributed by atoms with van der Waals surface area (Å²) in [4.78, 5) is 0.153. The molecule has 0 radical (unpaired) electrons. The summed E-state index contributed by atoms with van der Waals surface area (Å²) in [5.41, 5.74) is 1.12. The van der Waals surface area contributed by atoms with Crippen LogP contribution in [-0.2, 0) is 20.7 Å². The van der Waals surface area contributed by atoms with E-state index in [1.54, 1.807) is 24.3 Å². The van der Waals surface area contributed by atoms with Gasteiger partial charge in [-0.05, 0) is 30.0 Å². The number of benzene rings is 1. The topological polar surface area (TPSA) is 43.4 Å². The quantitative estimate of drug-likeness (QED) is 0.422. The Morgan fingerprint density at radius 2 is 1.88 bits per heavy atom. The van der Waals surface area contributed by atoms with Gasteiger partial charge in [0, 0.05) is 0 Å². The summed E-state index contributed by atoms with van der Waals surface area (Å²) in [5, 5.41) is 0. The van der Waals surface area contributed by atoms with Gasteiger partial charge in [-0.15, -0.1) is 0 Å². The van der Waals surface area contributed by atoms with Crippen molar-refractivity contribution in [2.75, 3.05) is 0 Å². The van der Waals surface area contributed by atoms with Gasteiger partial charge in [-0.2, -0.15) is 8.42 Å². The largest absolute Gasteiger partial charge is 1.00 e. The molecule has 1 aromatic carbocycles. The molecular weight excluding hydrogens is 247 g/mol. The average Bonchev–Trinajstić information content (AvgIpc) is 2.17. The van der Waals surface area contributed by atoms with Gasteiger partial charge in [-0.1, -0.05) is 32.6 Å². The fourth-order valence-electron chi connectivity index (χ4n) is 1.41. The first-order chi connectivity index (χ1) is 7.45. The van der Waals surface area contributed by atoms with Crippen LogP contribution in [0.2, 0.25) is 0 Å². The summed E-state index contributed by atoms with van der Waals surface area (Å²) < 4.78 is 27.4. The van der Waals surface area contributed by atoms with E-state index in [0.717, 1.165) is 18.2 Å². The molecule has 0 amide bonds. The summed E-state index contributed by atoms with van der Waals surface area (Å²) in [7, 11) is -3.67. The molecule has 3 nitrogen and oxygen atoms in total. The monoisotopic (exact) mass is 264 g/mol. The van der Waals surface area contributed by atoms with Gasteiger partial charge >= 0.3 is 39.7 Å². The van der Waals surface area contributed by atoms with Crippen LogP contribution in [0.5, 0.6) is 0 Å². The van der Waals surface area contributed by atoms with E-state index in [-0.39, 0.29) is 35.9 Å². The average molecular weight is 264 g/mol. The van der Waals surface area contributed by atoms with E-state index in [4.69, 9.17) is 0 Å². The summed E-state index contributed by atoms with van der Waals surface area (Å²) >= 11 is 0. The maximum Gasteiger partial charge on any atom is 1.00 e. The Labute approximate surface area is 127 Å². The van der Waals surface area contributed by atoms with Crippen LogP contribution in [0, 0.1) is 5.92 Å². The van der Waals surface area contributed by atoms with Crippen LogP contribution in [0.3, 0.4) is 0 Å². The third-order valence-corrected chi connectivity index (χ3v) is 3.29. The molecule has 1 aromatic rings. The van der Waals surface area contributed by atoms with Gasteiger partial charge in [0.25, 0.3) is 0 Å². The molecule has 0 atom stereocenters. The molecule has 0 N–H and O–H groups in total. The van der Waals surface area contributed by atoms with Crippen LogP contribution in [-0.4, -0.2) is 8.42 Å². The summed E-state index contributed by atoms with van der Waals surface area (Å²) in [6, 6.07) is 6.71. The fraction of sp³-hybridized carbons (Fsp3) is 0.333. The summed E-state index contributed by atoms with van der Waals surface area (Å²) in [5.74, 6) is 0.548.